The summed E-state index contributed by atoms with van der Waals surface area (Å²) in [5.74, 6) is 0.707. The normalized spacial score (nSPS) is 16.4. The van der Waals surface area contributed by atoms with Gasteiger partial charge in [0.25, 0.3) is 11.5 Å². The molecule has 1 aliphatic heterocycles. The topological polar surface area (TPSA) is 105 Å². The first kappa shape index (κ1) is 25.6. The van der Waals surface area contributed by atoms with Crippen LogP contribution in [0.5, 0.6) is 0 Å². The second-order valence-electron chi connectivity index (χ2n) is 10.5. The fourth-order valence-corrected chi connectivity index (χ4v) is 6.11. The molecule has 0 radical (unpaired) electrons. The zero-order valence-electron chi connectivity index (χ0n) is 21.6. The molecule has 38 heavy (non-hydrogen) atoms. The molecular formula is C30H32N4O4. The number of hydrogen-bond acceptors (Lipinski definition) is 5. The van der Waals surface area contributed by atoms with Crippen LogP contribution in [0.2, 0.25) is 0 Å². The maximum absolute atomic E-state index is 13.6. The van der Waals surface area contributed by atoms with Gasteiger partial charge in [0.1, 0.15) is 0 Å². The van der Waals surface area contributed by atoms with E-state index in [-0.39, 0.29) is 17.6 Å². The van der Waals surface area contributed by atoms with Gasteiger partial charge in [0.2, 0.25) is 0 Å². The smallest absolute Gasteiger partial charge is 0.339 e. The number of nitrogens with zero attached hydrogens (tertiary/aromatic N) is 3. The van der Waals surface area contributed by atoms with Gasteiger partial charge in [-0.15, -0.1) is 0 Å². The van der Waals surface area contributed by atoms with Crippen molar-refractivity contribution in [1.82, 2.24) is 19.7 Å². The highest BCUT2D eigenvalue weighted by Crippen LogP contribution is 2.34. The van der Waals surface area contributed by atoms with Crippen LogP contribution < -0.4 is 5.56 Å². The number of rotatable bonds is 4. The lowest BCUT2D eigenvalue weighted by atomic mass is 9.90. The minimum absolute atomic E-state index is 0.0915. The van der Waals surface area contributed by atoms with Gasteiger partial charge in [0, 0.05) is 24.0 Å². The lowest BCUT2D eigenvalue weighted by molar-refractivity contribution is -0.191. The van der Waals surface area contributed by atoms with Gasteiger partial charge in [-0.25, -0.2) is 0 Å². The molecule has 1 aliphatic carbocycles. The third-order valence-electron chi connectivity index (χ3n) is 8.08. The molecule has 0 atom stereocenters. The molecule has 2 fully saturated rings. The number of pyridine rings is 1. The summed E-state index contributed by atoms with van der Waals surface area (Å²) in [5, 5.41) is 6.14. The highest BCUT2D eigenvalue weighted by Gasteiger charge is 2.26. The molecule has 196 valence electrons. The van der Waals surface area contributed by atoms with E-state index in [9.17, 15) is 9.59 Å². The molecule has 8 nitrogen and oxygen atoms in total. The summed E-state index contributed by atoms with van der Waals surface area (Å²) >= 11 is 0. The predicted molar refractivity (Wildman–Crippen MR) is 144 cm³/mol. The Kier molecular flexibility index (Phi) is 7.52. The number of likely N-dealkylation sites (tertiary alicyclic amines) is 1. The first-order valence-corrected chi connectivity index (χ1v) is 13.4. The van der Waals surface area contributed by atoms with Gasteiger partial charge in [-0.05, 0) is 68.2 Å². The highest BCUT2D eigenvalue weighted by atomic mass is 16.2. The fraction of sp³-hybridized carbons (Fsp3) is 0.400. The van der Waals surface area contributed by atoms with Crippen molar-refractivity contribution in [2.45, 2.75) is 57.9 Å². The molecule has 6 rings (SSSR count). The van der Waals surface area contributed by atoms with Crippen LogP contribution in [0.25, 0.3) is 21.8 Å². The maximum Gasteiger partial charge on any atom is 0.373 e. The summed E-state index contributed by atoms with van der Waals surface area (Å²) in [5.41, 5.74) is 4.53. The van der Waals surface area contributed by atoms with Gasteiger partial charge in [-0.1, -0.05) is 43.2 Å². The van der Waals surface area contributed by atoms with Crippen LogP contribution in [0.3, 0.4) is 0 Å². The number of aromatic amines is 1. The highest BCUT2D eigenvalue weighted by molar-refractivity contribution is 6.07. The zero-order valence-corrected chi connectivity index (χ0v) is 21.6. The van der Waals surface area contributed by atoms with Crippen LogP contribution in [-0.4, -0.2) is 44.8 Å². The average molecular weight is 513 g/mol. The molecule has 1 amide bonds. The second-order valence-corrected chi connectivity index (χ2v) is 10.5. The number of aryl methyl sites for hydroxylation is 1. The molecule has 3 heterocycles. The number of hydrogen-bond donors (Lipinski definition) is 1. The Hall–Kier alpha value is -4.03. The van der Waals surface area contributed by atoms with E-state index in [0.29, 0.717) is 17.3 Å². The Morgan fingerprint density at radius 2 is 1.71 bits per heavy atom. The molecule has 1 N–H and O–H groups in total. The van der Waals surface area contributed by atoms with Crippen molar-refractivity contribution in [3.8, 4) is 0 Å². The van der Waals surface area contributed by atoms with Crippen LogP contribution in [0, 0.1) is 12.8 Å². The molecular weight excluding hydrogens is 480 g/mol. The molecule has 1 saturated carbocycles. The summed E-state index contributed by atoms with van der Waals surface area (Å²) in [4.78, 5) is 47.7. The Bertz CT molecular complexity index is 1540. The number of carbonyl (C=O) groups is 1. The van der Waals surface area contributed by atoms with Gasteiger partial charge < -0.3 is 9.88 Å². The van der Waals surface area contributed by atoms with Crippen LogP contribution in [0.4, 0.5) is 0 Å². The van der Waals surface area contributed by atoms with Crippen LogP contribution >= 0.6 is 0 Å². The van der Waals surface area contributed by atoms with Crippen molar-refractivity contribution in [3.05, 3.63) is 75.7 Å². The Morgan fingerprint density at radius 3 is 2.39 bits per heavy atom. The van der Waals surface area contributed by atoms with Crippen LogP contribution in [0.15, 0.2) is 53.5 Å². The van der Waals surface area contributed by atoms with E-state index in [2.05, 4.69) is 40.4 Å². The molecule has 0 bridgehead atoms. The van der Waals surface area contributed by atoms with Crippen molar-refractivity contribution in [1.29, 1.82) is 0 Å². The molecule has 0 spiro atoms. The fourth-order valence-electron chi connectivity index (χ4n) is 6.11. The molecule has 2 aliphatic rings. The number of nitrogens with one attached hydrogen (secondary N) is 1. The summed E-state index contributed by atoms with van der Waals surface area (Å²) in [6.07, 6.45) is 9.62. The Balaban J connectivity index is 0.000000937. The van der Waals surface area contributed by atoms with Gasteiger partial charge in [0.05, 0.1) is 28.7 Å². The number of piperidine rings is 1. The van der Waals surface area contributed by atoms with Gasteiger partial charge in [0.15, 0.2) is 0 Å². The minimum atomic E-state index is -0.115. The van der Waals surface area contributed by atoms with E-state index in [0.717, 1.165) is 72.7 Å². The number of H-pyrrole nitrogens is 1. The standard InChI is InChI=1S/C29H32N4O2.CO2/c1-19-15-26-24(27-25(28(34)31-26)18-30-33(27)22-9-5-6-10-22)17-23(19)29(35)32-13-11-21(12-14-32)16-20-7-3-2-4-8-20;2-1-3/h2-4,7-8,15,17-18,21-22H,5-6,9-14,16H2,1H3,(H,31,34);. The van der Waals surface area contributed by atoms with Gasteiger partial charge in [-0.2, -0.15) is 14.7 Å². The van der Waals surface area contributed by atoms with E-state index in [1.165, 1.54) is 18.4 Å². The molecule has 0 unspecified atom stereocenters. The monoisotopic (exact) mass is 512 g/mol. The van der Waals surface area contributed by atoms with Crippen LogP contribution in [0.1, 0.15) is 66.1 Å². The Morgan fingerprint density at radius 1 is 1.03 bits per heavy atom. The van der Waals surface area contributed by atoms with E-state index < -0.39 is 0 Å². The first-order chi connectivity index (χ1) is 18.5. The zero-order chi connectivity index (χ0) is 26.6. The number of carbonyl (C=O) groups excluding carboxylic acids is 3. The molecule has 4 aromatic rings. The van der Waals surface area contributed by atoms with E-state index in [1.807, 2.05) is 28.6 Å². The second kappa shape index (κ2) is 11.2. The van der Waals surface area contributed by atoms with Gasteiger partial charge in [-0.3, -0.25) is 14.3 Å². The largest absolute Gasteiger partial charge is 0.373 e. The van der Waals surface area contributed by atoms with Crippen molar-refractivity contribution >= 4 is 33.9 Å². The van der Waals surface area contributed by atoms with E-state index in [1.54, 1.807) is 6.20 Å². The number of benzene rings is 2. The summed E-state index contributed by atoms with van der Waals surface area (Å²) in [7, 11) is 0. The number of aromatic nitrogens is 3. The summed E-state index contributed by atoms with van der Waals surface area (Å²) in [6, 6.07) is 14.9. The lowest BCUT2D eigenvalue weighted by Crippen LogP contribution is -2.39. The van der Waals surface area contributed by atoms with Crippen LogP contribution in [-0.2, 0) is 16.0 Å². The van der Waals surface area contributed by atoms with Crippen molar-refractivity contribution in [2.75, 3.05) is 13.1 Å². The SMILES string of the molecule is Cc1cc2[nH]c(=O)c3cnn(C4CCCC4)c3c2cc1C(=O)N1CCC(Cc2ccccc2)CC1.O=C=O. The van der Waals surface area contributed by atoms with Crippen molar-refractivity contribution < 1.29 is 14.4 Å². The summed E-state index contributed by atoms with van der Waals surface area (Å²) < 4.78 is 2.04. The minimum Gasteiger partial charge on any atom is -0.339 e. The van der Waals surface area contributed by atoms with Crippen molar-refractivity contribution in [3.63, 3.8) is 0 Å². The third-order valence-corrected chi connectivity index (χ3v) is 8.08. The third kappa shape index (κ3) is 5.04. The molecule has 2 aromatic carbocycles. The quantitative estimate of drug-likeness (QED) is 0.422. The molecule has 8 heteroatoms. The average Bonchev–Trinajstić information content (AvgIpc) is 3.60. The van der Waals surface area contributed by atoms with Crippen molar-refractivity contribution in [2.24, 2.45) is 5.92 Å². The first-order valence-electron chi connectivity index (χ1n) is 13.4. The Labute approximate surface area is 220 Å². The molecule has 1 saturated heterocycles. The predicted octanol–water partition coefficient (Wildman–Crippen LogP) is 4.81. The summed E-state index contributed by atoms with van der Waals surface area (Å²) in [6.45, 7) is 3.54. The van der Waals surface area contributed by atoms with Gasteiger partial charge >= 0.3 is 6.15 Å². The molecule has 2 aromatic heterocycles. The lowest BCUT2D eigenvalue weighted by Gasteiger charge is -2.32. The van der Waals surface area contributed by atoms with E-state index in [4.69, 9.17) is 9.59 Å². The number of amides is 1. The van der Waals surface area contributed by atoms with E-state index >= 15 is 0 Å². The number of fused-ring (bicyclic) bond motifs is 3. The maximum atomic E-state index is 13.6.